The third-order valence-corrected chi connectivity index (χ3v) is 6.02. The first-order valence-electron chi connectivity index (χ1n) is 11.0. The summed E-state index contributed by atoms with van der Waals surface area (Å²) in [7, 11) is 0. The molecule has 2 aromatic rings. The molecule has 3 unspecified atom stereocenters. The number of amides is 1. The van der Waals surface area contributed by atoms with E-state index in [1.807, 2.05) is 0 Å². The SMILES string of the molecule is CC1CCC(C(C)C)C(OCC(=O)Nc2ccc(N)c(Oc3ccc(C(=O)O)cc3)c2)C1. The van der Waals surface area contributed by atoms with Crippen LogP contribution in [0.5, 0.6) is 11.5 Å². The van der Waals surface area contributed by atoms with Crippen molar-refractivity contribution in [2.75, 3.05) is 17.7 Å². The van der Waals surface area contributed by atoms with Crippen molar-refractivity contribution in [3.05, 3.63) is 48.0 Å². The van der Waals surface area contributed by atoms with Crippen molar-refractivity contribution in [2.24, 2.45) is 17.8 Å². The molecule has 0 spiro atoms. The lowest BCUT2D eigenvalue weighted by molar-refractivity contribution is -0.126. The van der Waals surface area contributed by atoms with Gasteiger partial charge in [0.25, 0.3) is 0 Å². The molecular weight excluding hydrogens is 408 g/mol. The van der Waals surface area contributed by atoms with Gasteiger partial charge in [0.2, 0.25) is 5.91 Å². The average molecular weight is 441 g/mol. The predicted octanol–water partition coefficient (Wildman–Crippen LogP) is 5.18. The second kappa shape index (κ2) is 10.5. The standard InChI is InChI=1S/C25H32N2O5/c1-15(2)20-10-4-16(3)12-22(20)31-14-24(28)27-18-7-11-21(26)23(13-18)32-19-8-5-17(6-9-19)25(29)30/h5-9,11,13,15-16,20,22H,4,10,12,14,26H2,1-3H3,(H,27,28)(H,29,30). The van der Waals surface area contributed by atoms with Gasteiger partial charge in [0.1, 0.15) is 12.4 Å². The van der Waals surface area contributed by atoms with E-state index in [0.29, 0.717) is 40.6 Å². The van der Waals surface area contributed by atoms with Gasteiger partial charge in [-0.05, 0) is 67.0 Å². The van der Waals surface area contributed by atoms with E-state index < -0.39 is 5.97 Å². The molecule has 1 amide bonds. The average Bonchev–Trinajstić information content (AvgIpc) is 2.75. The Bertz CT molecular complexity index is 942. The summed E-state index contributed by atoms with van der Waals surface area (Å²) in [5, 5.41) is 11.8. The molecule has 7 heteroatoms. The van der Waals surface area contributed by atoms with Crippen LogP contribution in [0.4, 0.5) is 11.4 Å². The fourth-order valence-corrected chi connectivity index (χ4v) is 4.18. The zero-order valence-corrected chi connectivity index (χ0v) is 18.8. The molecule has 1 aliphatic carbocycles. The lowest BCUT2D eigenvalue weighted by Gasteiger charge is -2.37. The summed E-state index contributed by atoms with van der Waals surface area (Å²) in [6, 6.07) is 11.0. The van der Waals surface area contributed by atoms with Crippen LogP contribution in [-0.4, -0.2) is 29.7 Å². The van der Waals surface area contributed by atoms with Crippen molar-refractivity contribution in [3.63, 3.8) is 0 Å². The molecule has 0 saturated heterocycles. The Kier molecular flexibility index (Phi) is 7.75. The fraction of sp³-hybridized carbons (Fsp3) is 0.440. The van der Waals surface area contributed by atoms with Gasteiger partial charge < -0.3 is 25.6 Å². The van der Waals surface area contributed by atoms with E-state index in [0.717, 1.165) is 12.8 Å². The van der Waals surface area contributed by atoms with E-state index in [1.54, 1.807) is 30.3 Å². The number of hydrogen-bond donors (Lipinski definition) is 3. The van der Waals surface area contributed by atoms with Gasteiger partial charge in [0.15, 0.2) is 5.75 Å². The predicted molar refractivity (Wildman–Crippen MR) is 124 cm³/mol. The van der Waals surface area contributed by atoms with Gasteiger partial charge in [-0.1, -0.05) is 27.2 Å². The first kappa shape index (κ1) is 23.6. The molecule has 0 bridgehead atoms. The van der Waals surface area contributed by atoms with Crippen LogP contribution in [0.3, 0.4) is 0 Å². The molecule has 7 nitrogen and oxygen atoms in total. The van der Waals surface area contributed by atoms with Crippen LogP contribution >= 0.6 is 0 Å². The van der Waals surface area contributed by atoms with E-state index in [4.69, 9.17) is 20.3 Å². The number of anilines is 2. The highest BCUT2D eigenvalue weighted by Crippen LogP contribution is 2.35. The van der Waals surface area contributed by atoms with Crippen molar-refractivity contribution >= 4 is 23.3 Å². The molecule has 3 rings (SSSR count). The first-order chi connectivity index (χ1) is 15.2. The van der Waals surface area contributed by atoms with Crippen LogP contribution in [-0.2, 0) is 9.53 Å². The van der Waals surface area contributed by atoms with E-state index >= 15 is 0 Å². The van der Waals surface area contributed by atoms with Crippen LogP contribution in [0.1, 0.15) is 50.4 Å². The number of carboxylic acids is 1. The molecule has 0 aliphatic heterocycles. The minimum Gasteiger partial charge on any atom is -0.478 e. The smallest absolute Gasteiger partial charge is 0.335 e. The maximum atomic E-state index is 12.5. The normalized spacial score (nSPS) is 20.7. The first-order valence-corrected chi connectivity index (χ1v) is 11.0. The van der Waals surface area contributed by atoms with Gasteiger partial charge in [0, 0.05) is 11.8 Å². The Labute approximate surface area is 188 Å². The zero-order chi connectivity index (χ0) is 23.3. The number of nitrogens with two attached hydrogens (primary N) is 1. The van der Waals surface area contributed by atoms with E-state index in [2.05, 4.69) is 26.1 Å². The number of rotatable bonds is 8. The highest BCUT2D eigenvalue weighted by atomic mass is 16.5. The van der Waals surface area contributed by atoms with E-state index in [9.17, 15) is 9.59 Å². The van der Waals surface area contributed by atoms with Gasteiger partial charge in [-0.25, -0.2) is 4.79 Å². The van der Waals surface area contributed by atoms with Crippen LogP contribution < -0.4 is 15.8 Å². The van der Waals surface area contributed by atoms with Crippen LogP contribution in [0.15, 0.2) is 42.5 Å². The Balaban J connectivity index is 1.60. The number of benzene rings is 2. The van der Waals surface area contributed by atoms with Gasteiger partial charge in [-0.15, -0.1) is 0 Å². The maximum absolute atomic E-state index is 12.5. The highest BCUT2D eigenvalue weighted by Gasteiger charge is 2.31. The van der Waals surface area contributed by atoms with Gasteiger partial charge in [-0.3, -0.25) is 4.79 Å². The number of nitrogen functional groups attached to an aromatic ring is 1. The molecule has 0 heterocycles. The molecule has 32 heavy (non-hydrogen) atoms. The Hall–Kier alpha value is -3.06. The topological polar surface area (TPSA) is 111 Å². The van der Waals surface area contributed by atoms with Crippen molar-refractivity contribution in [1.29, 1.82) is 0 Å². The lowest BCUT2D eigenvalue weighted by Crippen LogP contribution is -2.36. The molecule has 1 saturated carbocycles. The molecule has 172 valence electrons. The summed E-state index contributed by atoms with van der Waals surface area (Å²) >= 11 is 0. The monoisotopic (exact) mass is 440 g/mol. The zero-order valence-electron chi connectivity index (χ0n) is 18.8. The third-order valence-electron chi connectivity index (χ3n) is 6.02. The molecule has 1 aliphatic rings. The van der Waals surface area contributed by atoms with E-state index in [-0.39, 0.29) is 24.2 Å². The second-order valence-corrected chi connectivity index (χ2v) is 8.91. The number of nitrogens with one attached hydrogen (secondary N) is 1. The summed E-state index contributed by atoms with van der Waals surface area (Å²) in [6.45, 7) is 6.65. The van der Waals surface area contributed by atoms with E-state index in [1.165, 1.54) is 18.6 Å². The summed E-state index contributed by atoms with van der Waals surface area (Å²) in [5.41, 5.74) is 7.11. The fourth-order valence-electron chi connectivity index (χ4n) is 4.18. The summed E-state index contributed by atoms with van der Waals surface area (Å²) < 4.78 is 11.8. The van der Waals surface area contributed by atoms with Gasteiger partial charge >= 0.3 is 5.97 Å². The van der Waals surface area contributed by atoms with Crippen molar-refractivity contribution in [3.8, 4) is 11.5 Å². The number of hydrogen-bond acceptors (Lipinski definition) is 5. The molecule has 1 fully saturated rings. The Morgan fingerprint density at radius 3 is 2.53 bits per heavy atom. The number of aromatic carboxylic acids is 1. The molecule has 2 aromatic carbocycles. The molecule has 4 N–H and O–H groups in total. The molecular formula is C25H32N2O5. The molecule has 0 radical (unpaired) electrons. The Morgan fingerprint density at radius 2 is 1.88 bits per heavy atom. The van der Waals surface area contributed by atoms with Crippen LogP contribution in [0, 0.1) is 17.8 Å². The van der Waals surface area contributed by atoms with Crippen LogP contribution in [0.2, 0.25) is 0 Å². The summed E-state index contributed by atoms with van der Waals surface area (Å²) in [4.78, 5) is 23.5. The number of carboxylic acid groups (broad SMARTS) is 1. The molecule has 3 atom stereocenters. The maximum Gasteiger partial charge on any atom is 0.335 e. The summed E-state index contributed by atoms with van der Waals surface area (Å²) in [5.74, 6) is 1.18. The number of carbonyl (C=O) groups is 2. The number of carbonyl (C=O) groups excluding carboxylic acids is 1. The Morgan fingerprint density at radius 1 is 1.16 bits per heavy atom. The lowest BCUT2D eigenvalue weighted by atomic mass is 9.75. The second-order valence-electron chi connectivity index (χ2n) is 8.91. The molecule has 0 aromatic heterocycles. The van der Waals surface area contributed by atoms with Crippen molar-refractivity contribution in [2.45, 2.75) is 46.1 Å². The minimum absolute atomic E-state index is 0.00216. The third kappa shape index (κ3) is 6.23. The summed E-state index contributed by atoms with van der Waals surface area (Å²) in [6.07, 6.45) is 3.43. The van der Waals surface area contributed by atoms with Gasteiger partial charge in [-0.2, -0.15) is 0 Å². The number of ether oxygens (including phenoxy) is 2. The van der Waals surface area contributed by atoms with Crippen molar-refractivity contribution < 1.29 is 24.2 Å². The van der Waals surface area contributed by atoms with Gasteiger partial charge in [0.05, 0.1) is 17.4 Å². The van der Waals surface area contributed by atoms with Crippen LogP contribution in [0.25, 0.3) is 0 Å². The van der Waals surface area contributed by atoms with Crippen molar-refractivity contribution in [1.82, 2.24) is 0 Å². The quantitative estimate of drug-likeness (QED) is 0.488. The minimum atomic E-state index is -1.01. The largest absolute Gasteiger partial charge is 0.478 e. The highest BCUT2D eigenvalue weighted by molar-refractivity contribution is 5.92.